The number of hydrogen-bond donors (Lipinski definition) is 0. The molecular weight excluding hydrogens is 365 g/mol. The van der Waals surface area contributed by atoms with Crippen molar-refractivity contribution in [1.29, 1.82) is 0 Å². The Balaban J connectivity index is 1.83. The van der Waals surface area contributed by atoms with Crippen molar-refractivity contribution < 1.29 is 9.53 Å². The molecule has 128 valence electrons. The lowest BCUT2D eigenvalue weighted by Crippen LogP contribution is -2.41. The summed E-state index contributed by atoms with van der Waals surface area (Å²) >= 11 is 12.3. The highest BCUT2D eigenvalue weighted by Crippen LogP contribution is 2.32. The monoisotopic (exact) mass is 377 g/mol. The summed E-state index contributed by atoms with van der Waals surface area (Å²) in [5.41, 5.74) is 2.20. The van der Waals surface area contributed by atoms with Crippen LogP contribution in [0.2, 0.25) is 10.0 Å². The molecule has 1 aliphatic heterocycles. The van der Waals surface area contributed by atoms with Gasteiger partial charge >= 0.3 is 0 Å². The fraction of sp³-hybridized carbons (Fsp3) is 0.250. The number of carbonyl (C=O) groups is 1. The zero-order valence-corrected chi connectivity index (χ0v) is 14.5. The maximum atomic E-state index is 12.8. The van der Waals surface area contributed by atoms with Gasteiger partial charge in [-0.25, -0.2) is 0 Å². The van der Waals surface area contributed by atoms with E-state index in [4.69, 9.17) is 27.9 Å². The second-order valence-electron chi connectivity index (χ2n) is 5.57. The number of hydrogen-bond acceptors (Lipinski definition) is 5. The van der Waals surface area contributed by atoms with E-state index in [1.165, 1.54) is 10.8 Å². The highest BCUT2D eigenvalue weighted by Gasteiger charge is 2.22. The normalized spacial score (nSPS) is 14.9. The molecule has 0 saturated carbocycles. The number of benzene rings is 1. The second kappa shape index (κ2) is 6.59. The molecule has 3 heterocycles. The third kappa shape index (κ3) is 3.06. The molecule has 3 aromatic rings. The van der Waals surface area contributed by atoms with Crippen LogP contribution in [0.25, 0.3) is 16.8 Å². The van der Waals surface area contributed by atoms with Crippen LogP contribution in [-0.4, -0.2) is 56.9 Å². The molecule has 0 spiro atoms. The first-order valence-corrected chi connectivity index (χ1v) is 8.42. The lowest BCUT2D eigenvalue weighted by atomic mass is 10.1. The van der Waals surface area contributed by atoms with E-state index < -0.39 is 0 Å². The molecule has 1 aromatic carbocycles. The van der Waals surface area contributed by atoms with E-state index in [1.807, 2.05) is 0 Å². The molecule has 0 radical (unpaired) electrons. The second-order valence-corrected chi connectivity index (χ2v) is 6.41. The van der Waals surface area contributed by atoms with E-state index in [0.29, 0.717) is 58.8 Å². The van der Waals surface area contributed by atoms with Gasteiger partial charge in [0.1, 0.15) is 12.0 Å². The molecule has 2 aromatic heterocycles. The molecule has 0 N–H and O–H groups in total. The quantitative estimate of drug-likeness (QED) is 0.686. The van der Waals surface area contributed by atoms with Gasteiger partial charge in [0.2, 0.25) is 0 Å². The number of amides is 1. The van der Waals surface area contributed by atoms with Crippen molar-refractivity contribution in [3.8, 4) is 11.1 Å². The van der Waals surface area contributed by atoms with Gasteiger partial charge in [-0.2, -0.15) is 9.61 Å². The van der Waals surface area contributed by atoms with Crippen molar-refractivity contribution in [3.05, 3.63) is 46.3 Å². The van der Waals surface area contributed by atoms with E-state index in [2.05, 4.69) is 15.3 Å². The summed E-state index contributed by atoms with van der Waals surface area (Å²) in [6.45, 7) is 2.13. The summed E-state index contributed by atoms with van der Waals surface area (Å²) < 4.78 is 6.77. The fourth-order valence-corrected chi connectivity index (χ4v) is 3.28. The zero-order valence-electron chi connectivity index (χ0n) is 13.0. The van der Waals surface area contributed by atoms with E-state index in [-0.39, 0.29) is 5.91 Å². The molecule has 1 amide bonds. The topological polar surface area (TPSA) is 72.6 Å². The smallest absolute Gasteiger partial charge is 0.274 e. The maximum Gasteiger partial charge on any atom is 0.274 e. The molecule has 0 unspecified atom stereocenters. The Morgan fingerprint density at radius 1 is 1.12 bits per heavy atom. The molecule has 1 aliphatic rings. The minimum atomic E-state index is -0.162. The lowest BCUT2D eigenvalue weighted by Gasteiger charge is -2.26. The molecule has 0 atom stereocenters. The molecule has 1 saturated heterocycles. The van der Waals surface area contributed by atoms with Gasteiger partial charge in [0, 0.05) is 29.2 Å². The van der Waals surface area contributed by atoms with Crippen LogP contribution in [0.3, 0.4) is 0 Å². The van der Waals surface area contributed by atoms with Crippen molar-refractivity contribution in [3.63, 3.8) is 0 Å². The van der Waals surface area contributed by atoms with Crippen LogP contribution in [0.15, 0.2) is 30.6 Å². The first-order chi connectivity index (χ1) is 12.1. The number of aromatic nitrogens is 4. The van der Waals surface area contributed by atoms with E-state index >= 15 is 0 Å². The number of morpholine rings is 1. The largest absolute Gasteiger partial charge is 0.378 e. The third-order valence-corrected chi connectivity index (χ3v) is 4.55. The predicted molar refractivity (Wildman–Crippen MR) is 93.0 cm³/mol. The Labute approximate surface area is 153 Å². The number of carbonyl (C=O) groups excluding carboxylic acids is 1. The number of halogens is 2. The van der Waals surface area contributed by atoms with Crippen LogP contribution >= 0.6 is 23.2 Å². The van der Waals surface area contributed by atoms with Crippen LogP contribution in [-0.2, 0) is 4.74 Å². The Bertz CT molecular complexity index is 953. The Hall–Kier alpha value is -2.22. The van der Waals surface area contributed by atoms with Crippen LogP contribution < -0.4 is 0 Å². The van der Waals surface area contributed by atoms with Gasteiger partial charge in [-0.05, 0) is 18.2 Å². The molecule has 9 heteroatoms. The lowest BCUT2D eigenvalue weighted by molar-refractivity contribution is 0.0298. The standard InChI is InChI=1S/C16H13Cl2N5O2/c17-10-1-2-11(13(18)7-10)12-8-14(21-23-9-19-20-15(12)23)16(24)22-3-5-25-6-4-22/h1-2,7-9H,3-6H2. The van der Waals surface area contributed by atoms with Crippen LogP contribution in [0.1, 0.15) is 10.5 Å². The molecule has 0 aliphatic carbocycles. The summed E-state index contributed by atoms with van der Waals surface area (Å²) in [5, 5.41) is 13.3. The third-order valence-electron chi connectivity index (χ3n) is 4.01. The Kier molecular flexibility index (Phi) is 4.29. The van der Waals surface area contributed by atoms with Gasteiger partial charge < -0.3 is 9.64 Å². The van der Waals surface area contributed by atoms with Gasteiger partial charge in [-0.3, -0.25) is 4.79 Å². The van der Waals surface area contributed by atoms with Gasteiger partial charge in [0.25, 0.3) is 5.91 Å². The highest BCUT2D eigenvalue weighted by molar-refractivity contribution is 6.36. The van der Waals surface area contributed by atoms with Gasteiger partial charge in [-0.1, -0.05) is 29.3 Å². The SMILES string of the molecule is O=C(c1cc(-c2ccc(Cl)cc2Cl)c2nncn2n1)N1CCOCC1. The molecular formula is C16H13Cl2N5O2. The highest BCUT2D eigenvalue weighted by atomic mass is 35.5. The summed E-state index contributed by atoms with van der Waals surface area (Å²) in [6, 6.07) is 6.86. The summed E-state index contributed by atoms with van der Waals surface area (Å²) in [7, 11) is 0. The summed E-state index contributed by atoms with van der Waals surface area (Å²) in [6.07, 6.45) is 1.46. The summed E-state index contributed by atoms with van der Waals surface area (Å²) in [5.74, 6) is -0.162. The Morgan fingerprint density at radius 2 is 1.92 bits per heavy atom. The van der Waals surface area contributed by atoms with Gasteiger partial charge in [0.05, 0.1) is 18.2 Å². The molecule has 4 rings (SSSR count). The van der Waals surface area contributed by atoms with Crippen LogP contribution in [0, 0.1) is 0 Å². The fourth-order valence-electron chi connectivity index (χ4n) is 2.77. The molecule has 1 fully saturated rings. The first-order valence-electron chi connectivity index (χ1n) is 7.67. The molecule has 7 nitrogen and oxygen atoms in total. The number of rotatable bonds is 2. The van der Waals surface area contributed by atoms with Crippen molar-refractivity contribution in [2.24, 2.45) is 0 Å². The van der Waals surface area contributed by atoms with Crippen molar-refractivity contribution in [1.82, 2.24) is 24.7 Å². The van der Waals surface area contributed by atoms with E-state index in [9.17, 15) is 4.79 Å². The minimum Gasteiger partial charge on any atom is -0.378 e. The van der Waals surface area contributed by atoms with Crippen LogP contribution in [0.5, 0.6) is 0 Å². The average Bonchev–Trinajstić information content (AvgIpc) is 3.10. The first kappa shape index (κ1) is 16.3. The number of ether oxygens (including phenoxy) is 1. The van der Waals surface area contributed by atoms with E-state index in [0.717, 1.165) is 0 Å². The number of nitrogens with zero attached hydrogens (tertiary/aromatic N) is 5. The predicted octanol–water partition coefficient (Wildman–Crippen LogP) is 2.57. The summed E-state index contributed by atoms with van der Waals surface area (Å²) in [4.78, 5) is 14.5. The van der Waals surface area contributed by atoms with Crippen molar-refractivity contribution in [2.75, 3.05) is 26.3 Å². The van der Waals surface area contributed by atoms with Crippen molar-refractivity contribution in [2.45, 2.75) is 0 Å². The zero-order chi connectivity index (χ0) is 17.4. The average molecular weight is 378 g/mol. The minimum absolute atomic E-state index is 0.162. The van der Waals surface area contributed by atoms with Gasteiger partial charge in [-0.15, -0.1) is 10.2 Å². The van der Waals surface area contributed by atoms with Gasteiger partial charge in [0.15, 0.2) is 5.65 Å². The number of fused-ring (bicyclic) bond motifs is 1. The Morgan fingerprint density at radius 3 is 2.68 bits per heavy atom. The molecule has 0 bridgehead atoms. The molecule has 25 heavy (non-hydrogen) atoms. The van der Waals surface area contributed by atoms with E-state index in [1.54, 1.807) is 29.2 Å². The van der Waals surface area contributed by atoms with Crippen molar-refractivity contribution >= 4 is 34.8 Å². The van der Waals surface area contributed by atoms with Crippen LogP contribution in [0.4, 0.5) is 0 Å². The maximum absolute atomic E-state index is 12.8.